The minimum Gasteiger partial charge on any atom is -0.381 e. The van der Waals surface area contributed by atoms with Gasteiger partial charge >= 0.3 is 6.18 Å². The largest absolute Gasteiger partial charge is 0.416 e. The monoisotopic (exact) mass is 477 g/mol. The van der Waals surface area contributed by atoms with Crippen molar-refractivity contribution in [3.05, 3.63) is 103 Å². The number of halogens is 3. The molecule has 1 fully saturated rings. The number of fused-ring (bicyclic) bond motifs is 1. The van der Waals surface area contributed by atoms with Gasteiger partial charge in [-0.2, -0.15) is 18.3 Å². The number of hydrogen-bond donors (Lipinski definition) is 0. The molecule has 1 aliphatic heterocycles. The fourth-order valence-corrected chi connectivity index (χ4v) is 4.82. The molecule has 1 unspecified atom stereocenters. The van der Waals surface area contributed by atoms with Crippen LogP contribution in [0.3, 0.4) is 0 Å². The Labute approximate surface area is 202 Å². The summed E-state index contributed by atoms with van der Waals surface area (Å²) in [6.45, 7) is 3.66. The van der Waals surface area contributed by atoms with E-state index in [0.29, 0.717) is 22.7 Å². The number of nitrogens with zero attached hydrogens (tertiary/aromatic N) is 3. The maximum atomic E-state index is 13.0. The Morgan fingerprint density at radius 3 is 2.37 bits per heavy atom. The van der Waals surface area contributed by atoms with Crippen molar-refractivity contribution in [2.45, 2.75) is 31.4 Å². The number of rotatable bonds is 6. The Morgan fingerprint density at radius 2 is 1.69 bits per heavy atom. The smallest absolute Gasteiger partial charge is 0.381 e. The van der Waals surface area contributed by atoms with Crippen molar-refractivity contribution < 1.29 is 17.9 Å². The molecule has 0 N–H and O–H groups in total. The van der Waals surface area contributed by atoms with Gasteiger partial charge in [0.15, 0.2) is 5.65 Å². The first-order valence-electron chi connectivity index (χ1n) is 11.7. The average molecular weight is 478 g/mol. The van der Waals surface area contributed by atoms with Crippen molar-refractivity contribution >= 4 is 5.65 Å². The Bertz CT molecular complexity index is 1280. The van der Waals surface area contributed by atoms with Gasteiger partial charge in [-0.15, -0.1) is 0 Å². The number of ether oxygens (including phenoxy) is 1. The van der Waals surface area contributed by atoms with Gasteiger partial charge < -0.3 is 4.74 Å². The predicted molar refractivity (Wildman–Crippen MR) is 128 cm³/mol. The molecule has 0 bridgehead atoms. The Kier molecular flexibility index (Phi) is 6.36. The molecule has 5 rings (SSSR count). The molecular formula is C28H26F3N3O. The Hall–Kier alpha value is -3.19. The topological polar surface area (TPSA) is 39.4 Å². The molecule has 1 atom stereocenters. The van der Waals surface area contributed by atoms with E-state index in [0.717, 1.165) is 49.4 Å². The highest BCUT2D eigenvalue weighted by atomic mass is 19.4. The third kappa shape index (κ3) is 4.96. The summed E-state index contributed by atoms with van der Waals surface area (Å²) < 4.78 is 46.5. The fraction of sp³-hybridized carbons (Fsp3) is 0.286. The maximum absolute atomic E-state index is 13.0. The van der Waals surface area contributed by atoms with Crippen LogP contribution in [0, 0.1) is 18.8 Å². The number of alkyl halides is 3. The highest BCUT2D eigenvalue weighted by molar-refractivity contribution is 5.77. The number of hydrogen-bond acceptors (Lipinski definition) is 3. The van der Waals surface area contributed by atoms with Crippen LogP contribution in [0.5, 0.6) is 0 Å². The summed E-state index contributed by atoms with van der Waals surface area (Å²) in [6, 6.07) is 17.3. The molecule has 4 aromatic rings. The second kappa shape index (κ2) is 9.46. The van der Waals surface area contributed by atoms with Crippen molar-refractivity contribution in [1.29, 1.82) is 0 Å². The van der Waals surface area contributed by atoms with Gasteiger partial charge in [0.25, 0.3) is 0 Å². The first-order chi connectivity index (χ1) is 16.8. The van der Waals surface area contributed by atoms with Crippen molar-refractivity contribution in [3.8, 4) is 11.1 Å². The third-order valence-electron chi connectivity index (χ3n) is 6.59. The lowest BCUT2D eigenvalue weighted by molar-refractivity contribution is -0.137. The van der Waals surface area contributed by atoms with Gasteiger partial charge in [-0.05, 0) is 54.5 Å². The molecule has 3 heterocycles. The molecule has 2 aromatic heterocycles. The third-order valence-corrected chi connectivity index (χ3v) is 6.59. The van der Waals surface area contributed by atoms with E-state index < -0.39 is 17.2 Å². The van der Waals surface area contributed by atoms with Gasteiger partial charge in [0.2, 0.25) is 0 Å². The van der Waals surface area contributed by atoms with Gasteiger partial charge in [0, 0.05) is 36.8 Å². The zero-order valence-electron chi connectivity index (χ0n) is 19.4. The summed E-state index contributed by atoms with van der Waals surface area (Å²) in [6.07, 6.45) is 5.57. The highest BCUT2D eigenvalue weighted by Gasteiger charge is 2.35. The lowest BCUT2D eigenvalue weighted by atomic mass is 9.72. The van der Waals surface area contributed by atoms with Crippen LogP contribution in [0.15, 0.2) is 73.1 Å². The summed E-state index contributed by atoms with van der Waals surface area (Å²) in [4.78, 5) is 4.55. The molecule has 0 saturated carbocycles. The van der Waals surface area contributed by atoms with E-state index in [1.807, 2.05) is 28.8 Å². The molecule has 4 nitrogen and oxygen atoms in total. The molecule has 2 aromatic carbocycles. The normalized spacial score (nSPS) is 16.9. The van der Waals surface area contributed by atoms with E-state index >= 15 is 0 Å². The van der Waals surface area contributed by atoms with Gasteiger partial charge in [-0.3, -0.25) is 0 Å². The van der Waals surface area contributed by atoms with Crippen LogP contribution in [0.1, 0.15) is 36.6 Å². The number of benzene rings is 2. The molecule has 180 valence electrons. The van der Waals surface area contributed by atoms with E-state index in [1.165, 1.54) is 12.1 Å². The Morgan fingerprint density at radius 1 is 0.971 bits per heavy atom. The second-order valence-electron chi connectivity index (χ2n) is 9.15. The van der Waals surface area contributed by atoms with Crippen molar-refractivity contribution in [3.63, 3.8) is 0 Å². The van der Waals surface area contributed by atoms with E-state index in [2.05, 4.69) is 42.0 Å². The summed E-state index contributed by atoms with van der Waals surface area (Å²) >= 11 is 0. The molecule has 1 saturated heterocycles. The van der Waals surface area contributed by atoms with E-state index in [4.69, 9.17) is 4.74 Å². The molecule has 0 aliphatic carbocycles. The Balaban J connectivity index is 1.55. The molecule has 0 amide bonds. The second-order valence-corrected chi connectivity index (χ2v) is 9.15. The van der Waals surface area contributed by atoms with Crippen LogP contribution in [-0.4, -0.2) is 27.8 Å². The quantitative estimate of drug-likeness (QED) is 0.316. The summed E-state index contributed by atoms with van der Waals surface area (Å²) in [5, 5.41) is 4.63. The fourth-order valence-electron chi connectivity index (χ4n) is 4.82. The van der Waals surface area contributed by atoms with Crippen LogP contribution < -0.4 is 0 Å². The zero-order chi connectivity index (χ0) is 24.5. The predicted octanol–water partition coefficient (Wildman–Crippen LogP) is 6.56. The molecule has 0 spiro atoms. The van der Waals surface area contributed by atoms with Gasteiger partial charge in [-0.1, -0.05) is 49.4 Å². The number of aromatic nitrogens is 3. The minimum absolute atomic E-state index is 0.391. The summed E-state index contributed by atoms with van der Waals surface area (Å²) in [5.74, 6) is 0.391. The first kappa shape index (κ1) is 23.5. The molecule has 35 heavy (non-hydrogen) atoms. The van der Waals surface area contributed by atoms with Crippen molar-refractivity contribution in [2.24, 2.45) is 5.92 Å². The van der Waals surface area contributed by atoms with Crippen molar-refractivity contribution in [1.82, 2.24) is 14.6 Å². The van der Waals surface area contributed by atoms with Crippen LogP contribution in [0.2, 0.25) is 0 Å². The van der Waals surface area contributed by atoms with E-state index in [1.54, 1.807) is 12.4 Å². The van der Waals surface area contributed by atoms with Crippen LogP contribution >= 0.6 is 0 Å². The van der Waals surface area contributed by atoms with Gasteiger partial charge in [0.1, 0.15) is 0 Å². The van der Waals surface area contributed by atoms with Crippen LogP contribution in [0.4, 0.5) is 13.2 Å². The standard InChI is InChI=1S/C28H26F3N3O/c1-27(17-20-5-3-2-4-6-20,18-21-12-15-35-16-13-21)25-11-14-32-26-24(19-33-34(25)26)22-7-9-23(10-8-22)28(29,30)31/h2-11,14,17-19,21H,12-13,15-16H2,1H3. The lowest BCUT2D eigenvalue weighted by Crippen LogP contribution is -2.32. The lowest BCUT2D eigenvalue weighted by Gasteiger charge is -2.35. The molecule has 2 radical (unpaired) electrons. The van der Waals surface area contributed by atoms with E-state index in [9.17, 15) is 13.2 Å². The SMILES string of the molecule is CC([CH]c1ccccc1)([CH]C1CCOCC1)c1ccnc2c(-c3ccc(C(F)(F)F)cc3)cnn12. The van der Waals surface area contributed by atoms with Gasteiger partial charge in [0.05, 0.1) is 17.5 Å². The maximum Gasteiger partial charge on any atom is 0.416 e. The average Bonchev–Trinajstić information content (AvgIpc) is 3.29. The molecule has 7 heteroatoms. The molecule has 1 aliphatic rings. The summed E-state index contributed by atoms with van der Waals surface area (Å²) in [7, 11) is 0. The van der Waals surface area contributed by atoms with Crippen molar-refractivity contribution in [2.75, 3.05) is 13.2 Å². The van der Waals surface area contributed by atoms with Crippen LogP contribution in [0.25, 0.3) is 16.8 Å². The first-order valence-corrected chi connectivity index (χ1v) is 11.7. The highest BCUT2D eigenvalue weighted by Crippen LogP contribution is 2.39. The van der Waals surface area contributed by atoms with E-state index in [-0.39, 0.29) is 0 Å². The van der Waals surface area contributed by atoms with Crippen LogP contribution in [-0.2, 0) is 16.3 Å². The zero-order valence-corrected chi connectivity index (χ0v) is 19.4. The van der Waals surface area contributed by atoms with Gasteiger partial charge in [-0.25, -0.2) is 9.50 Å². The minimum atomic E-state index is -4.37. The molecular weight excluding hydrogens is 451 g/mol. The summed E-state index contributed by atoms with van der Waals surface area (Å²) in [5.41, 5.74) is 2.83.